The minimum Gasteiger partial charge on any atom is -0.461 e. The molecule has 0 saturated heterocycles. The highest BCUT2D eigenvalue weighted by atomic mass is 35.5. The van der Waals surface area contributed by atoms with Crippen molar-refractivity contribution in [1.29, 1.82) is 0 Å². The molecule has 0 aliphatic heterocycles. The predicted octanol–water partition coefficient (Wildman–Crippen LogP) is 4.98. The largest absolute Gasteiger partial charge is 0.461 e. The Morgan fingerprint density at radius 3 is 2.37 bits per heavy atom. The van der Waals surface area contributed by atoms with Gasteiger partial charge in [-0.3, -0.25) is 15.0 Å². The molecule has 0 aliphatic carbocycles. The third-order valence-electron chi connectivity index (χ3n) is 4.12. The van der Waals surface area contributed by atoms with E-state index in [0.29, 0.717) is 32.9 Å². The molecule has 0 unspecified atom stereocenters. The lowest BCUT2D eigenvalue weighted by atomic mass is 10.1. The maximum Gasteiger partial charge on any atom is 0.274 e. The van der Waals surface area contributed by atoms with Crippen LogP contribution in [0.4, 0.5) is 0 Å². The summed E-state index contributed by atoms with van der Waals surface area (Å²) >= 11 is 6.18. The van der Waals surface area contributed by atoms with Crippen molar-refractivity contribution in [2.75, 3.05) is 0 Å². The van der Waals surface area contributed by atoms with Gasteiger partial charge in [0.1, 0.15) is 11.3 Å². The van der Waals surface area contributed by atoms with Crippen LogP contribution in [0.15, 0.2) is 52.9 Å². The van der Waals surface area contributed by atoms with Gasteiger partial charge in [-0.2, -0.15) is 0 Å². The number of aryl methyl sites for hydroxylation is 1. The topological polar surface area (TPSA) is 62.6 Å². The number of hydrogen-bond acceptors (Lipinski definition) is 3. The summed E-state index contributed by atoms with van der Waals surface area (Å²) in [6, 6.07) is 13.8. The van der Waals surface area contributed by atoms with Gasteiger partial charge in [0.2, 0.25) is 0 Å². The van der Waals surface area contributed by atoms with Crippen molar-refractivity contribution in [2.45, 2.75) is 33.2 Å². The van der Waals surface area contributed by atoms with Crippen molar-refractivity contribution in [1.82, 2.24) is 10.4 Å². The van der Waals surface area contributed by atoms with Crippen LogP contribution in [0.25, 0.3) is 11.0 Å². The van der Waals surface area contributed by atoms with Crippen LogP contribution in [0, 0.1) is 6.92 Å². The smallest absolute Gasteiger partial charge is 0.274 e. The number of carbonyl (C=O) groups is 2. The van der Waals surface area contributed by atoms with Gasteiger partial charge in [0.15, 0.2) is 0 Å². The summed E-state index contributed by atoms with van der Waals surface area (Å²) in [5, 5.41) is 2.34. The Kier molecular flexibility index (Phi) is 4.98. The lowest BCUT2D eigenvalue weighted by molar-refractivity contribution is 0.0359. The standard InChI is InChI=1S/C21H21ClN2O3/c1-13-12-16-14(9-7-11-18(16)27-13)19(25)23-24(21(2,3)4)20(26)15-8-5-6-10-17(15)22/h5-12H,1-4H3,(H,23,25). The second-order valence-corrected chi connectivity index (χ2v) is 7.71. The van der Waals surface area contributed by atoms with Gasteiger partial charge >= 0.3 is 0 Å². The van der Waals surface area contributed by atoms with Gasteiger partial charge in [-0.15, -0.1) is 0 Å². The number of fused-ring (bicyclic) bond motifs is 1. The fourth-order valence-electron chi connectivity index (χ4n) is 2.83. The van der Waals surface area contributed by atoms with Gasteiger partial charge in [-0.05, 0) is 58.0 Å². The van der Waals surface area contributed by atoms with Crippen LogP contribution in [0.3, 0.4) is 0 Å². The summed E-state index contributed by atoms with van der Waals surface area (Å²) in [6.07, 6.45) is 0. The molecule has 6 heteroatoms. The average Bonchev–Trinajstić information content (AvgIpc) is 2.98. The van der Waals surface area contributed by atoms with E-state index in [0.717, 1.165) is 0 Å². The molecular weight excluding hydrogens is 364 g/mol. The average molecular weight is 385 g/mol. The van der Waals surface area contributed by atoms with Gasteiger partial charge in [0, 0.05) is 5.39 Å². The summed E-state index contributed by atoms with van der Waals surface area (Å²) < 4.78 is 5.59. The first-order chi connectivity index (χ1) is 12.7. The second kappa shape index (κ2) is 7.08. The number of amides is 2. The van der Waals surface area contributed by atoms with Crippen LogP contribution in [-0.2, 0) is 0 Å². The van der Waals surface area contributed by atoms with Crippen molar-refractivity contribution in [3.63, 3.8) is 0 Å². The number of halogens is 1. The monoisotopic (exact) mass is 384 g/mol. The van der Waals surface area contributed by atoms with Gasteiger partial charge in [0.05, 0.1) is 21.7 Å². The molecule has 1 heterocycles. The summed E-state index contributed by atoms with van der Waals surface area (Å²) in [5.41, 5.74) is 3.47. The molecule has 3 aromatic rings. The minimum atomic E-state index is -0.661. The van der Waals surface area contributed by atoms with E-state index in [1.54, 1.807) is 42.5 Å². The fraction of sp³-hybridized carbons (Fsp3) is 0.238. The third-order valence-corrected chi connectivity index (χ3v) is 4.45. The van der Waals surface area contributed by atoms with Gasteiger partial charge in [-0.1, -0.05) is 29.8 Å². The molecule has 0 atom stereocenters. The molecular formula is C21H21ClN2O3. The summed E-state index contributed by atoms with van der Waals surface area (Å²) in [7, 11) is 0. The molecule has 2 amide bonds. The first kappa shape index (κ1) is 19.0. The van der Waals surface area contributed by atoms with Crippen LogP contribution >= 0.6 is 11.6 Å². The van der Waals surface area contributed by atoms with Crippen molar-refractivity contribution >= 4 is 34.4 Å². The SMILES string of the molecule is Cc1cc2c(C(=O)NN(C(=O)c3ccccc3Cl)C(C)(C)C)cccc2o1. The lowest BCUT2D eigenvalue weighted by Gasteiger charge is -2.35. The summed E-state index contributed by atoms with van der Waals surface area (Å²) in [4.78, 5) is 26.0. The fourth-order valence-corrected chi connectivity index (χ4v) is 3.04. The van der Waals surface area contributed by atoms with E-state index in [2.05, 4.69) is 5.43 Å². The third kappa shape index (κ3) is 3.83. The van der Waals surface area contributed by atoms with E-state index >= 15 is 0 Å². The Morgan fingerprint density at radius 1 is 1.04 bits per heavy atom. The Hall–Kier alpha value is -2.79. The predicted molar refractivity (Wildman–Crippen MR) is 106 cm³/mol. The maximum atomic E-state index is 13.1. The number of hydrogen-bond donors (Lipinski definition) is 1. The van der Waals surface area contributed by atoms with E-state index < -0.39 is 11.4 Å². The van der Waals surface area contributed by atoms with Crippen LogP contribution in [-0.4, -0.2) is 22.4 Å². The highest BCUT2D eigenvalue weighted by Gasteiger charge is 2.31. The second-order valence-electron chi connectivity index (χ2n) is 7.31. The summed E-state index contributed by atoms with van der Waals surface area (Å²) in [5.74, 6) is -0.0567. The van der Waals surface area contributed by atoms with E-state index in [-0.39, 0.29) is 5.91 Å². The number of nitrogens with one attached hydrogen (secondary N) is 1. The van der Waals surface area contributed by atoms with E-state index in [9.17, 15) is 9.59 Å². The van der Waals surface area contributed by atoms with Gasteiger partial charge in [-0.25, -0.2) is 5.01 Å². The van der Waals surface area contributed by atoms with Crippen molar-refractivity contribution in [2.24, 2.45) is 0 Å². The Balaban J connectivity index is 1.96. The molecule has 0 bridgehead atoms. The molecule has 0 spiro atoms. The first-order valence-corrected chi connectivity index (χ1v) is 8.95. The Bertz CT molecular complexity index is 1020. The van der Waals surface area contributed by atoms with Crippen LogP contribution in [0.5, 0.6) is 0 Å². The van der Waals surface area contributed by atoms with Gasteiger partial charge in [0.25, 0.3) is 11.8 Å². The molecule has 0 radical (unpaired) electrons. The zero-order valence-corrected chi connectivity index (χ0v) is 16.4. The molecule has 2 aromatic carbocycles. The zero-order valence-electron chi connectivity index (χ0n) is 15.7. The quantitative estimate of drug-likeness (QED) is 0.634. The molecule has 140 valence electrons. The number of hydrazine groups is 1. The van der Waals surface area contributed by atoms with Gasteiger partial charge < -0.3 is 4.42 Å². The van der Waals surface area contributed by atoms with Crippen molar-refractivity contribution in [3.8, 4) is 0 Å². The molecule has 5 nitrogen and oxygen atoms in total. The molecule has 0 aliphatic rings. The highest BCUT2D eigenvalue weighted by molar-refractivity contribution is 6.33. The zero-order chi connectivity index (χ0) is 19.8. The van der Waals surface area contributed by atoms with Crippen molar-refractivity contribution in [3.05, 3.63) is 70.4 Å². The van der Waals surface area contributed by atoms with Crippen LogP contribution in [0.1, 0.15) is 47.2 Å². The maximum absolute atomic E-state index is 13.1. The number of rotatable bonds is 2. The van der Waals surface area contributed by atoms with E-state index in [1.807, 2.05) is 33.8 Å². The number of furan rings is 1. The number of benzene rings is 2. The highest BCUT2D eigenvalue weighted by Crippen LogP contribution is 2.24. The van der Waals surface area contributed by atoms with E-state index in [4.69, 9.17) is 16.0 Å². The lowest BCUT2D eigenvalue weighted by Crippen LogP contribution is -2.56. The molecule has 27 heavy (non-hydrogen) atoms. The molecule has 0 saturated carbocycles. The van der Waals surface area contributed by atoms with Crippen LogP contribution in [0.2, 0.25) is 5.02 Å². The first-order valence-electron chi connectivity index (χ1n) is 8.58. The normalized spacial score (nSPS) is 11.4. The Morgan fingerprint density at radius 2 is 1.70 bits per heavy atom. The van der Waals surface area contributed by atoms with E-state index in [1.165, 1.54) is 5.01 Å². The molecule has 0 fully saturated rings. The van der Waals surface area contributed by atoms with Crippen molar-refractivity contribution < 1.29 is 14.0 Å². The minimum absolute atomic E-state index is 0.326. The summed E-state index contributed by atoms with van der Waals surface area (Å²) in [6.45, 7) is 7.34. The molecule has 3 rings (SSSR count). The molecule has 1 N–H and O–H groups in total. The number of nitrogens with zero attached hydrogens (tertiary/aromatic N) is 1. The van der Waals surface area contributed by atoms with Crippen LogP contribution < -0.4 is 5.43 Å². The molecule has 1 aromatic heterocycles. The number of carbonyl (C=O) groups excluding carboxylic acids is 2. The Labute approximate surface area is 162 Å².